The first kappa shape index (κ1) is 13.9. The summed E-state index contributed by atoms with van der Waals surface area (Å²) in [6.07, 6.45) is 4.22. The average molecular weight is 272 g/mol. The van der Waals surface area contributed by atoms with Crippen LogP contribution in [0.15, 0.2) is 23.2 Å². The van der Waals surface area contributed by atoms with Crippen LogP contribution in [-0.4, -0.2) is 23.0 Å². The van der Waals surface area contributed by atoms with Gasteiger partial charge in [-0.15, -0.1) is 0 Å². The molecule has 0 spiro atoms. The average Bonchev–Trinajstić information content (AvgIpc) is 2.91. The molecule has 0 aromatic heterocycles. The molecule has 1 aromatic carbocycles. The Morgan fingerprint density at radius 2 is 2.15 bits per heavy atom. The molecule has 1 aliphatic carbocycles. The highest BCUT2D eigenvalue weighted by Crippen LogP contribution is 2.23. The molecule has 0 aliphatic heterocycles. The van der Waals surface area contributed by atoms with Crippen LogP contribution in [0.5, 0.6) is 5.75 Å². The van der Waals surface area contributed by atoms with E-state index in [0.717, 1.165) is 25.7 Å². The minimum Gasteiger partial charge on any atom is -0.507 e. The number of benzene rings is 1. The van der Waals surface area contributed by atoms with Crippen molar-refractivity contribution in [1.29, 1.82) is 0 Å². The van der Waals surface area contributed by atoms with Gasteiger partial charge in [0.1, 0.15) is 5.75 Å². The van der Waals surface area contributed by atoms with E-state index in [9.17, 15) is 9.90 Å². The number of carbonyl (C=O) groups is 1. The molecule has 1 fully saturated rings. The van der Waals surface area contributed by atoms with E-state index >= 15 is 0 Å². The molecule has 0 unspecified atom stereocenters. The summed E-state index contributed by atoms with van der Waals surface area (Å²) in [7, 11) is 0. The highest BCUT2D eigenvalue weighted by atomic mass is 16.3. The molecule has 104 valence electrons. The van der Waals surface area contributed by atoms with Crippen LogP contribution in [0.2, 0.25) is 0 Å². The summed E-state index contributed by atoms with van der Waals surface area (Å²) in [5, 5.41) is 12.1. The van der Waals surface area contributed by atoms with E-state index in [1.54, 1.807) is 0 Å². The van der Waals surface area contributed by atoms with Crippen molar-refractivity contribution in [2.75, 3.05) is 0 Å². The lowest BCUT2D eigenvalue weighted by molar-refractivity contribution is 0.0974. The van der Waals surface area contributed by atoms with Crippen molar-refractivity contribution in [2.24, 2.45) is 10.7 Å². The monoisotopic (exact) mass is 272 g/mol. The number of aromatic hydroxyl groups is 1. The number of rotatable bonds is 2. The first-order chi connectivity index (χ1) is 9.60. The molecule has 6 nitrogen and oxygen atoms in total. The Hall–Kier alpha value is -2.55. The van der Waals surface area contributed by atoms with Gasteiger partial charge in [-0.1, -0.05) is 18.9 Å². The lowest BCUT2D eigenvalue weighted by Crippen LogP contribution is -2.37. The third-order valence-corrected chi connectivity index (χ3v) is 3.24. The quantitative estimate of drug-likeness (QED) is 0.436. The molecule has 1 aliphatic rings. The third-order valence-electron chi connectivity index (χ3n) is 3.24. The molecule has 20 heavy (non-hydrogen) atoms. The van der Waals surface area contributed by atoms with Crippen molar-refractivity contribution in [3.8, 4) is 5.75 Å². The van der Waals surface area contributed by atoms with Crippen molar-refractivity contribution in [2.45, 2.75) is 31.7 Å². The fraction of sp³-hybridized carbons (Fsp3) is 0.357. The highest BCUT2D eigenvalue weighted by Gasteiger charge is 2.16. The van der Waals surface area contributed by atoms with E-state index in [2.05, 4.69) is 15.2 Å². The number of carbonyl (C=O) groups excluding carboxylic acids is 1. The van der Waals surface area contributed by atoms with Gasteiger partial charge >= 0.3 is 0 Å². The van der Waals surface area contributed by atoms with Gasteiger partial charge in [-0.3, -0.25) is 10.1 Å². The molecule has 0 heterocycles. The first-order valence-electron chi connectivity index (χ1n) is 6.45. The fourth-order valence-electron chi connectivity index (χ4n) is 2.22. The summed E-state index contributed by atoms with van der Waals surface area (Å²) in [6, 6.07) is 4.24. The zero-order chi connectivity index (χ0) is 14.5. The maximum absolute atomic E-state index is 12.0. The Kier molecular flexibility index (Phi) is 4.20. The number of hydrogen-bond donors (Lipinski definition) is 3. The Bertz CT molecular complexity index is 583. The predicted molar refractivity (Wildman–Crippen MR) is 75.7 cm³/mol. The number of guanidine groups is 1. The molecule has 2 rings (SSSR count). The summed E-state index contributed by atoms with van der Waals surface area (Å²) >= 11 is 0. The van der Waals surface area contributed by atoms with Gasteiger partial charge in [0.15, 0.2) is 11.6 Å². The summed E-state index contributed by atoms with van der Waals surface area (Å²) in [6.45, 7) is 6.91. The van der Waals surface area contributed by atoms with E-state index in [-0.39, 0.29) is 29.0 Å². The van der Waals surface area contributed by atoms with Gasteiger partial charge < -0.3 is 10.8 Å². The Balaban J connectivity index is 2.10. The maximum Gasteiger partial charge on any atom is 0.260 e. The molecule has 0 atom stereocenters. The molecular formula is C14H16N4O2. The van der Waals surface area contributed by atoms with Crippen molar-refractivity contribution in [3.05, 3.63) is 35.2 Å². The number of aliphatic imine (C=N–C) groups is 1. The van der Waals surface area contributed by atoms with Crippen LogP contribution in [0.3, 0.4) is 0 Å². The molecule has 6 heteroatoms. The predicted octanol–water partition coefficient (Wildman–Crippen LogP) is 1.93. The summed E-state index contributed by atoms with van der Waals surface area (Å²) in [5.74, 6) is -0.703. The number of amides is 1. The van der Waals surface area contributed by atoms with Crippen LogP contribution in [0.25, 0.3) is 4.85 Å². The SMILES string of the molecule is [C-]#[N+]c1ccc(O)c(C(=O)NC(N)=NC2CCCC2)c1. The standard InChI is InChI=1S/C14H16N4O2/c1-16-10-6-7-12(19)11(8-10)13(20)18-14(15)17-9-4-2-3-5-9/h6-9,19H,2-5H2,(H3,15,17,18,20). The van der Waals surface area contributed by atoms with Gasteiger partial charge in [0.2, 0.25) is 0 Å². The largest absolute Gasteiger partial charge is 0.507 e. The van der Waals surface area contributed by atoms with Gasteiger partial charge in [0.05, 0.1) is 18.2 Å². The van der Waals surface area contributed by atoms with Gasteiger partial charge in [0, 0.05) is 0 Å². The van der Waals surface area contributed by atoms with E-state index in [1.807, 2.05) is 0 Å². The third kappa shape index (κ3) is 3.26. The fourth-order valence-corrected chi connectivity index (χ4v) is 2.22. The van der Waals surface area contributed by atoms with Crippen LogP contribution >= 0.6 is 0 Å². The highest BCUT2D eigenvalue weighted by molar-refractivity contribution is 6.07. The van der Waals surface area contributed by atoms with Crippen molar-refractivity contribution in [3.63, 3.8) is 0 Å². The number of hydrogen-bond acceptors (Lipinski definition) is 3. The molecule has 1 saturated carbocycles. The van der Waals surface area contributed by atoms with Crippen LogP contribution in [0, 0.1) is 6.57 Å². The zero-order valence-electron chi connectivity index (χ0n) is 11.0. The van der Waals surface area contributed by atoms with Gasteiger partial charge in [-0.2, -0.15) is 0 Å². The summed E-state index contributed by atoms with van der Waals surface area (Å²) < 4.78 is 0. The minimum absolute atomic E-state index is 0.0167. The number of nitrogens with zero attached hydrogens (tertiary/aromatic N) is 2. The zero-order valence-corrected chi connectivity index (χ0v) is 11.0. The number of phenols is 1. The Labute approximate surface area is 117 Å². The molecular weight excluding hydrogens is 256 g/mol. The number of nitrogens with one attached hydrogen (secondary N) is 1. The van der Waals surface area contributed by atoms with E-state index in [4.69, 9.17) is 12.3 Å². The van der Waals surface area contributed by atoms with Gasteiger partial charge in [-0.05, 0) is 25.0 Å². The van der Waals surface area contributed by atoms with Crippen LogP contribution in [-0.2, 0) is 0 Å². The normalized spacial score (nSPS) is 15.8. The lowest BCUT2D eigenvalue weighted by Gasteiger charge is -2.09. The molecule has 0 radical (unpaired) electrons. The molecule has 4 N–H and O–H groups in total. The maximum atomic E-state index is 12.0. The number of phenolic OH excluding ortho intramolecular Hbond substituents is 1. The van der Waals surface area contributed by atoms with Crippen LogP contribution < -0.4 is 11.1 Å². The van der Waals surface area contributed by atoms with E-state index in [0.29, 0.717) is 0 Å². The van der Waals surface area contributed by atoms with Gasteiger partial charge in [-0.25, -0.2) is 9.84 Å². The second kappa shape index (κ2) is 6.06. The molecule has 1 aromatic rings. The number of nitrogens with two attached hydrogens (primary N) is 1. The topological polar surface area (TPSA) is 92.1 Å². The first-order valence-corrected chi connectivity index (χ1v) is 6.45. The molecule has 0 saturated heterocycles. The van der Waals surface area contributed by atoms with Crippen molar-refractivity contribution >= 4 is 17.6 Å². The lowest BCUT2D eigenvalue weighted by atomic mass is 10.1. The van der Waals surface area contributed by atoms with Crippen LogP contribution in [0.4, 0.5) is 5.69 Å². The smallest absolute Gasteiger partial charge is 0.260 e. The molecule has 1 amide bonds. The Morgan fingerprint density at radius 1 is 1.45 bits per heavy atom. The Morgan fingerprint density at radius 3 is 2.80 bits per heavy atom. The molecule has 0 bridgehead atoms. The second-order valence-corrected chi connectivity index (χ2v) is 4.72. The summed E-state index contributed by atoms with van der Waals surface area (Å²) in [5.41, 5.74) is 5.98. The van der Waals surface area contributed by atoms with Gasteiger partial charge in [0.25, 0.3) is 5.91 Å². The van der Waals surface area contributed by atoms with E-state index < -0.39 is 5.91 Å². The second-order valence-electron chi connectivity index (χ2n) is 4.72. The minimum atomic E-state index is -0.563. The van der Waals surface area contributed by atoms with E-state index in [1.165, 1.54) is 18.2 Å². The summed E-state index contributed by atoms with van der Waals surface area (Å²) in [4.78, 5) is 19.4. The van der Waals surface area contributed by atoms with Crippen molar-refractivity contribution < 1.29 is 9.90 Å². The van der Waals surface area contributed by atoms with Crippen LogP contribution in [0.1, 0.15) is 36.0 Å². The van der Waals surface area contributed by atoms with Crippen molar-refractivity contribution in [1.82, 2.24) is 5.32 Å².